The predicted molar refractivity (Wildman–Crippen MR) is 86.7 cm³/mol. The quantitative estimate of drug-likeness (QED) is 0.471. The van der Waals surface area contributed by atoms with E-state index in [2.05, 4.69) is 4.90 Å². The molecule has 5 unspecified atom stereocenters. The topological polar surface area (TPSA) is 114 Å². The van der Waals surface area contributed by atoms with Crippen LogP contribution >= 0.6 is 0 Å². The first-order valence-corrected chi connectivity index (χ1v) is 8.70. The van der Waals surface area contributed by atoms with Crippen molar-refractivity contribution in [1.29, 1.82) is 0 Å². The molecule has 2 rings (SSSR count). The number of nitrogens with zero attached hydrogens (tertiary/aromatic N) is 2. The number of aliphatic hydroxyl groups excluding tert-OH is 3. The summed E-state index contributed by atoms with van der Waals surface area (Å²) in [5, 5.41) is 38.5. The first-order chi connectivity index (χ1) is 11.3. The van der Waals surface area contributed by atoms with Crippen molar-refractivity contribution in [2.24, 2.45) is 0 Å². The lowest BCUT2D eigenvalue weighted by Crippen LogP contribution is -2.56. The summed E-state index contributed by atoms with van der Waals surface area (Å²) < 4.78 is 5.59. The third-order valence-corrected chi connectivity index (χ3v) is 5.23. The van der Waals surface area contributed by atoms with E-state index in [1.54, 1.807) is 13.8 Å². The van der Waals surface area contributed by atoms with Gasteiger partial charge in [0.25, 0.3) is 0 Å². The van der Waals surface area contributed by atoms with Gasteiger partial charge in [0.1, 0.15) is 24.4 Å². The number of rotatable bonds is 6. The molecule has 2 aliphatic heterocycles. The van der Waals surface area contributed by atoms with Gasteiger partial charge in [0.05, 0.1) is 12.2 Å². The van der Waals surface area contributed by atoms with E-state index in [1.165, 1.54) is 0 Å². The highest BCUT2D eigenvalue weighted by Gasteiger charge is 2.41. The molecular formula is C16H30N2O6. The van der Waals surface area contributed by atoms with Gasteiger partial charge in [0, 0.05) is 26.2 Å². The molecule has 0 aliphatic carbocycles. The average Bonchev–Trinajstić information content (AvgIpc) is 2.57. The predicted octanol–water partition coefficient (Wildman–Crippen LogP) is -1.27. The molecule has 0 bridgehead atoms. The van der Waals surface area contributed by atoms with E-state index >= 15 is 0 Å². The SMILES string of the molecule is CC1O[C@@H](CCCN2CCN(C(C)C(=O)O)CC2)C(O)C(O)C1O. The van der Waals surface area contributed by atoms with Gasteiger partial charge in [-0.05, 0) is 33.2 Å². The van der Waals surface area contributed by atoms with Gasteiger partial charge in [0.15, 0.2) is 0 Å². The van der Waals surface area contributed by atoms with Crippen LogP contribution in [0, 0.1) is 0 Å². The number of hydrogen-bond acceptors (Lipinski definition) is 7. The van der Waals surface area contributed by atoms with E-state index in [1.807, 2.05) is 4.90 Å². The lowest BCUT2D eigenvalue weighted by atomic mass is 9.93. The van der Waals surface area contributed by atoms with Crippen molar-refractivity contribution in [2.75, 3.05) is 32.7 Å². The molecular weight excluding hydrogens is 316 g/mol. The van der Waals surface area contributed by atoms with Crippen molar-refractivity contribution in [1.82, 2.24) is 9.80 Å². The van der Waals surface area contributed by atoms with Crippen LogP contribution in [0.4, 0.5) is 0 Å². The molecule has 0 aromatic carbocycles. The van der Waals surface area contributed by atoms with Crippen molar-refractivity contribution >= 4 is 5.97 Å². The molecule has 2 heterocycles. The molecule has 0 saturated carbocycles. The number of aliphatic carboxylic acids is 1. The van der Waals surface area contributed by atoms with E-state index in [-0.39, 0.29) is 0 Å². The lowest BCUT2D eigenvalue weighted by molar-refractivity contribution is -0.218. The Hall–Kier alpha value is -0.770. The van der Waals surface area contributed by atoms with Crippen molar-refractivity contribution in [3.63, 3.8) is 0 Å². The standard InChI is InChI=1S/C16H30N2O6/c1-10(16(22)23)18-8-6-17(7-9-18)5-3-4-12-14(20)15(21)13(19)11(2)24-12/h10-15,19-21H,3-9H2,1-2H3,(H,22,23)/t10?,11?,12-,13?,14?,15?/m0/s1. The summed E-state index contributed by atoms with van der Waals surface area (Å²) >= 11 is 0. The molecule has 140 valence electrons. The molecule has 0 amide bonds. The van der Waals surface area contributed by atoms with Gasteiger partial charge < -0.3 is 30.1 Å². The number of ether oxygens (including phenoxy) is 1. The molecule has 8 heteroatoms. The van der Waals surface area contributed by atoms with Crippen molar-refractivity contribution in [3.05, 3.63) is 0 Å². The summed E-state index contributed by atoms with van der Waals surface area (Å²) in [6.45, 7) is 7.36. The number of carboxylic acid groups (broad SMARTS) is 1. The van der Waals surface area contributed by atoms with Crippen molar-refractivity contribution in [3.8, 4) is 0 Å². The smallest absolute Gasteiger partial charge is 0.320 e. The van der Waals surface area contributed by atoms with Crippen molar-refractivity contribution < 1.29 is 30.0 Å². The highest BCUT2D eigenvalue weighted by Crippen LogP contribution is 2.24. The molecule has 8 nitrogen and oxygen atoms in total. The highest BCUT2D eigenvalue weighted by molar-refractivity contribution is 5.72. The van der Waals surface area contributed by atoms with Crippen molar-refractivity contribution in [2.45, 2.75) is 63.3 Å². The van der Waals surface area contributed by atoms with Crippen LogP contribution in [0.1, 0.15) is 26.7 Å². The first kappa shape index (κ1) is 19.6. The third-order valence-electron chi connectivity index (χ3n) is 5.23. The van der Waals surface area contributed by atoms with Gasteiger partial charge in [-0.1, -0.05) is 0 Å². The summed E-state index contributed by atoms with van der Waals surface area (Å²) in [6, 6.07) is -0.452. The van der Waals surface area contributed by atoms with Crippen LogP contribution in [0.25, 0.3) is 0 Å². The molecule has 6 atom stereocenters. The van der Waals surface area contributed by atoms with E-state index < -0.39 is 42.5 Å². The maximum Gasteiger partial charge on any atom is 0.320 e. The lowest BCUT2D eigenvalue weighted by Gasteiger charge is -2.40. The first-order valence-electron chi connectivity index (χ1n) is 8.70. The third kappa shape index (κ3) is 4.65. The van der Waals surface area contributed by atoms with Crippen LogP contribution in [0.2, 0.25) is 0 Å². The summed E-state index contributed by atoms with van der Waals surface area (Å²) in [5.41, 5.74) is 0. The Labute approximate surface area is 142 Å². The summed E-state index contributed by atoms with van der Waals surface area (Å²) in [6.07, 6.45) is -2.82. The van der Waals surface area contributed by atoms with Crippen LogP contribution < -0.4 is 0 Å². The van der Waals surface area contributed by atoms with Crippen LogP contribution in [0.15, 0.2) is 0 Å². The Kier molecular flexibility index (Phi) is 6.97. The van der Waals surface area contributed by atoms with E-state index in [9.17, 15) is 20.1 Å². The second-order valence-electron chi connectivity index (χ2n) is 6.89. The average molecular weight is 346 g/mol. The second-order valence-corrected chi connectivity index (χ2v) is 6.89. The fraction of sp³-hybridized carbons (Fsp3) is 0.938. The van der Waals surface area contributed by atoms with E-state index in [4.69, 9.17) is 9.84 Å². The number of piperazine rings is 1. The molecule has 0 aromatic rings. The Bertz CT molecular complexity index is 415. The van der Waals surface area contributed by atoms with Crippen LogP contribution in [0.3, 0.4) is 0 Å². The Morgan fingerprint density at radius 2 is 1.75 bits per heavy atom. The number of carbonyl (C=O) groups is 1. The van der Waals surface area contributed by atoms with Gasteiger partial charge in [-0.25, -0.2) is 0 Å². The van der Waals surface area contributed by atoms with Crippen LogP contribution in [-0.4, -0.2) is 105 Å². The molecule has 0 aromatic heterocycles. The molecule has 24 heavy (non-hydrogen) atoms. The maximum atomic E-state index is 11.0. The monoisotopic (exact) mass is 346 g/mol. The van der Waals surface area contributed by atoms with Gasteiger partial charge in [-0.3, -0.25) is 9.69 Å². The molecule has 2 saturated heterocycles. The van der Waals surface area contributed by atoms with E-state index in [0.29, 0.717) is 6.42 Å². The minimum atomic E-state index is -1.17. The van der Waals surface area contributed by atoms with Gasteiger partial charge in [-0.2, -0.15) is 0 Å². The highest BCUT2D eigenvalue weighted by atomic mass is 16.5. The maximum absolute atomic E-state index is 11.0. The zero-order chi connectivity index (χ0) is 17.9. The van der Waals surface area contributed by atoms with Crippen LogP contribution in [0.5, 0.6) is 0 Å². The van der Waals surface area contributed by atoms with Crippen LogP contribution in [-0.2, 0) is 9.53 Å². The van der Waals surface area contributed by atoms with Gasteiger partial charge in [0.2, 0.25) is 0 Å². The van der Waals surface area contributed by atoms with E-state index in [0.717, 1.165) is 39.1 Å². The number of hydrogen-bond donors (Lipinski definition) is 4. The zero-order valence-electron chi connectivity index (χ0n) is 14.4. The Morgan fingerprint density at radius 1 is 1.12 bits per heavy atom. The Balaban J connectivity index is 1.69. The fourth-order valence-corrected chi connectivity index (χ4v) is 3.42. The molecule has 0 spiro atoms. The minimum absolute atomic E-state index is 0.452. The molecule has 2 aliphatic rings. The van der Waals surface area contributed by atoms with Gasteiger partial charge >= 0.3 is 5.97 Å². The largest absolute Gasteiger partial charge is 0.480 e. The zero-order valence-corrected chi connectivity index (χ0v) is 14.4. The minimum Gasteiger partial charge on any atom is -0.480 e. The van der Waals surface area contributed by atoms with Gasteiger partial charge in [-0.15, -0.1) is 0 Å². The number of carboxylic acids is 1. The number of aliphatic hydroxyl groups is 3. The normalized spacial score (nSPS) is 37.3. The second kappa shape index (κ2) is 8.55. The molecule has 4 N–H and O–H groups in total. The summed E-state index contributed by atoms with van der Waals surface area (Å²) in [4.78, 5) is 15.2. The molecule has 0 radical (unpaired) electrons. The summed E-state index contributed by atoms with van der Waals surface area (Å²) in [7, 11) is 0. The molecule has 2 fully saturated rings. The Morgan fingerprint density at radius 3 is 2.33 bits per heavy atom. The summed E-state index contributed by atoms with van der Waals surface area (Å²) in [5.74, 6) is -0.790. The fourth-order valence-electron chi connectivity index (χ4n) is 3.42.